The van der Waals surface area contributed by atoms with E-state index in [2.05, 4.69) is 55.4 Å². The maximum absolute atomic E-state index is 5.55. The van der Waals surface area contributed by atoms with Crippen LogP contribution < -0.4 is 15.0 Å². The lowest BCUT2D eigenvalue weighted by molar-refractivity contribution is 0.414. The molecule has 21 heavy (non-hydrogen) atoms. The van der Waals surface area contributed by atoms with E-state index in [1.165, 1.54) is 5.56 Å². The van der Waals surface area contributed by atoms with Gasteiger partial charge in [-0.3, -0.25) is 0 Å². The first-order valence-corrected chi connectivity index (χ1v) is 7.46. The molecule has 0 aliphatic rings. The van der Waals surface area contributed by atoms with E-state index < -0.39 is 0 Å². The van der Waals surface area contributed by atoms with Gasteiger partial charge in [-0.2, -0.15) is 0 Å². The summed E-state index contributed by atoms with van der Waals surface area (Å²) in [6.45, 7) is 15.5. The minimum absolute atomic E-state index is 0.654. The normalized spacial score (nSPS) is 10.5. The van der Waals surface area contributed by atoms with Crippen molar-refractivity contribution in [3.63, 3.8) is 0 Å². The molecule has 3 heteroatoms. The van der Waals surface area contributed by atoms with E-state index >= 15 is 0 Å². The summed E-state index contributed by atoms with van der Waals surface area (Å²) in [5.74, 6) is 1.55. The summed E-state index contributed by atoms with van der Waals surface area (Å²) in [6, 6.07) is 6.35. The molecule has 1 rings (SSSR count). The Bertz CT molecular complexity index is 445. The van der Waals surface area contributed by atoms with E-state index in [0.29, 0.717) is 5.92 Å². The van der Waals surface area contributed by atoms with Crippen molar-refractivity contribution in [3.8, 4) is 5.75 Å². The van der Waals surface area contributed by atoms with Crippen molar-refractivity contribution in [1.82, 2.24) is 5.32 Å². The minimum atomic E-state index is 0.654. The Labute approximate surface area is 129 Å². The van der Waals surface area contributed by atoms with E-state index in [1.54, 1.807) is 7.11 Å². The zero-order chi connectivity index (χ0) is 15.7. The van der Waals surface area contributed by atoms with Gasteiger partial charge in [0.2, 0.25) is 0 Å². The highest BCUT2D eigenvalue weighted by Gasteiger charge is 2.10. The third-order valence-corrected chi connectivity index (χ3v) is 3.17. The van der Waals surface area contributed by atoms with Gasteiger partial charge < -0.3 is 15.0 Å². The summed E-state index contributed by atoms with van der Waals surface area (Å²) in [4.78, 5) is 2.18. The van der Waals surface area contributed by atoms with Gasteiger partial charge in [-0.25, -0.2) is 0 Å². The smallest absolute Gasteiger partial charge is 0.142 e. The maximum atomic E-state index is 5.55. The fourth-order valence-electron chi connectivity index (χ4n) is 2.18. The van der Waals surface area contributed by atoms with Crippen LogP contribution in [-0.2, 0) is 6.54 Å². The van der Waals surface area contributed by atoms with Gasteiger partial charge >= 0.3 is 0 Å². The van der Waals surface area contributed by atoms with E-state index in [1.807, 2.05) is 12.2 Å². The quantitative estimate of drug-likeness (QED) is 0.666. The molecule has 116 valence electrons. The van der Waals surface area contributed by atoms with Crippen LogP contribution in [0.1, 0.15) is 19.4 Å². The van der Waals surface area contributed by atoms with Crippen LogP contribution in [0.15, 0.2) is 43.5 Å². The van der Waals surface area contributed by atoms with Crippen LogP contribution in [0, 0.1) is 5.92 Å². The molecule has 0 aromatic heterocycles. The molecule has 0 saturated carbocycles. The van der Waals surface area contributed by atoms with Crippen LogP contribution >= 0.6 is 0 Å². The van der Waals surface area contributed by atoms with Gasteiger partial charge in [-0.1, -0.05) is 32.1 Å². The van der Waals surface area contributed by atoms with Crippen molar-refractivity contribution < 1.29 is 4.74 Å². The number of nitrogens with one attached hydrogen (secondary N) is 1. The standard InChI is InChI=1S/C18H28N2O/c1-6-10-20(11-7-2)17-9-8-16(12-18(17)21-5)14-19-13-15(3)4/h6-9,12,15,19H,1-2,10-11,13-14H2,3-5H3. The van der Waals surface area contributed by atoms with Crippen LogP contribution in [0.5, 0.6) is 5.75 Å². The molecule has 0 aliphatic carbocycles. The molecule has 0 unspecified atom stereocenters. The van der Waals surface area contributed by atoms with Crippen LogP contribution in [0.4, 0.5) is 5.69 Å². The lowest BCUT2D eigenvalue weighted by Gasteiger charge is -2.24. The van der Waals surface area contributed by atoms with Gasteiger partial charge in [0.15, 0.2) is 0 Å². The van der Waals surface area contributed by atoms with Gasteiger partial charge in [0.25, 0.3) is 0 Å². The Morgan fingerprint density at radius 2 is 1.90 bits per heavy atom. The van der Waals surface area contributed by atoms with Gasteiger partial charge in [-0.05, 0) is 30.2 Å². The molecule has 0 heterocycles. The Kier molecular flexibility index (Phi) is 7.62. The second-order valence-corrected chi connectivity index (χ2v) is 5.51. The van der Waals surface area contributed by atoms with Gasteiger partial charge in [0.1, 0.15) is 5.75 Å². The molecule has 0 amide bonds. The van der Waals surface area contributed by atoms with Crippen LogP contribution in [0.25, 0.3) is 0 Å². The van der Waals surface area contributed by atoms with Crippen LogP contribution in [0.3, 0.4) is 0 Å². The zero-order valence-corrected chi connectivity index (χ0v) is 13.6. The van der Waals surface area contributed by atoms with Crippen molar-refractivity contribution >= 4 is 5.69 Å². The number of ether oxygens (including phenoxy) is 1. The summed E-state index contributed by atoms with van der Waals surface area (Å²) in [5, 5.41) is 3.45. The third kappa shape index (κ3) is 5.64. The Morgan fingerprint density at radius 1 is 1.24 bits per heavy atom. The highest BCUT2D eigenvalue weighted by atomic mass is 16.5. The molecule has 0 aliphatic heterocycles. The van der Waals surface area contributed by atoms with E-state index in [4.69, 9.17) is 4.74 Å². The molecule has 0 spiro atoms. The first-order valence-electron chi connectivity index (χ1n) is 7.46. The van der Waals surface area contributed by atoms with E-state index in [0.717, 1.165) is 37.6 Å². The molecule has 0 bridgehead atoms. The fraction of sp³-hybridized carbons (Fsp3) is 0.444. The number of hydrogen-bond donors (Lipinski definition) is 1. The monoisotopic (exact) mass is 288 g/mol. The molecule has 0 saturated heterocycles. The van der Waals surface area contributed by atoms with E-state index in [-0.39, 0.29) is 0 Å². The third-order valence-electron chi connectivity index (χ3n) is 3.17. The average molecular weight is 288 g/mol. The topological polar surface area (TPSA) is 24.5 Å². The van der Waals surface area contributed by atoms with Crippen molar-refractivity contribution in [3.05, 3.63) is 49.1 Å². The average Bonchev–Trinajstić information content (AvgIpc) is 2.46. The van der Waals surface area contributed by atoms with Gasteiger partial charge in [0, 0.05) is 19.6 Å². The van der Waals surface area contributed by atoms with Crippen LogP contribution in [-0.4, -0.2) is 26.7 Å². The molecule has 3 nitrogen and oxygen atoms in total. The summed E-state index contributed by atoms with van der Waals surface area (Å²) in [7, 11) is 1.71. The fourth-order valence-corrected chi connectivity index (χ4v) is 2.18. The molecular weight excluding hydrogens is 260 g/mol. The Balaban J connectivity index is 2.86. The highest BCUT2D eigenvalue weighted by Crippen LogP contribution is 2.29. The SMILES string of the molecule is C=CCN(CC=C)c1ccc(CNCC(C)C)cc1OC. The van der Waals surface area contributed by atoms with E-state index in [9.17, 15) is 0 Å². The Hall–Kier alpha value is -1.74. The lowest BCUT2D eigenvalue weighted by atomic mass is 10.1. The first kappa shape index (κ1) is 17.3. The predicted molar refractivity (Wildman–Crippen MR) is 92.1 cm³/mol. The van der Waals surface area contributed by atoms with Gasteiger partial charge in [-0.15, -0.1) is 13.2 Å². The predicted octanol–water partition coefficient (Wildman–Crippen LogP) is 3.62. The van der Waals surface area contributed by atoms with Gasteiger partial charge in [0.05, 0.1) is 12.8 Å². The molecule has 0 radical (unpaired) electrons. The number of nitrogens with zero attached hydrogens (tertiary/aromatic N) is 1. The highest BCUT2D eigenvalue weighted by molar-refractivity contribution is 5.60. The number of hydrogen-bond acceptors (Lipinski definition) is 3. The lowest BCUT2D eigenvalue weighted by Crippen LogP contribution is -2.24. The molecule has 1 aromatic carbocycles. The largest absolute Gasteiger partial charge is 0.495 e. The molecule has 1 aromatic rings. The van der Waals surface area contributed by atoms with Crippen molar-refractivity contribution in [2.75, 3.05) is 31.6 Å². The number of anilines is 1. The number of methoxy groups -OCH3 is 1. The number of benzene rings is 1. The summed E-state index contributed by atoms with van der Waals surface area (Å²) >= 11 is 0. The number of rotatable bonds is 10. The molecule has 1 N–H and O–H groups in total. The summed E-state index contributed by atoms with van der Waals surface area (Å²) < 4.78 is 5.55. The van der Waals surface area contributed by atoms with Crippen molar-refractivity contribution in [2.24, 2.45) is 5.92 Å². The Morgan fingerprint density at radius 3 is 2.43 bits per heavy atom. The first-order chi connectivity index (χ1) is 10.1. The van der Waals surface area contributed by atoms with Crippen LogP contribution in [0.2, 0.25) is 0 Å². The second-order valence-electron chi connectivity index (χ2n) is 5.51. The molecule has 0 fully saturated rings. The van der Waals surface area contributed by atoms with Crippen molar-refractivity contribution in [1.29, 1.82) is 0 Å². The maximum Gasteiger partial charge on any atom is 0.142 e. The van der Waals surface area contributed by atoms with Crippen molar-refractivity contribution in [2.45, 2.75) is 20.4 Å². The minimum Gasteiger partial charge on any atom is -0.495 e. The summed E-state index contributed by atoms with van der Waals surface area (Å²) in [5.41, 5.74) is 2.30. The molecule has 0 atom stereocenters. The summed E-state index contributed by atoms with van der Waals surface area (Å²) in [6.07, 6.45) is 3.78. The zero-order valence-electron chi connectivity index (χ0n) is 13.6. The molecular formula is C18H28N2O. The second kappa shape index (κ2) is 9.24.